The molecular weight excluding hydrogens is 274 g/mol. The van der Waals surface area contributed by atoms with E-state index in [1.807, 2.05) is 54.6 Å². The molecule has 0 aromatic heterocycles. The lowest BCUT2D eigenvalue weighted by Gasteiger charge is -2.12. The Bertz CT molecular complexity index is 551. The maximum atomic E-state index is 11.4. The lowest BCUT2D eigenvalue weighted by molar-refractivity contribution is -0.108. The van der Waals surface area contributed by atoms with Crippen molar-refractivity contribution in [3.8, 4) is 5.75 Å². The van der Waals surface area contributed by atoms with Crippen LogP contribution in [0.25, 0.3) is 0 Å². The minimum atomic E-state index is -0.222. The summed E-state index contributed by atoms with van der Waals surface area (Å²) in [6.07, 6.45) is 4.13. The Kier molecular flexibility index (Phi) is 6.65. The molecule has 0 aliphatic carbocycles. The van der Waals surface area contributed by atoms with E-state index in [4.69, 9.17) is 10.5 Å². The summed E-state index contributed by atoms with van der Waals surface area (Å²) >= 11 is 0. The molecule has 1 unspecified atom stereocenters. The Morgan fingerprint density at radius 1 is 0.909 bits per heavy atom. The molecule has 0 spiro atoms. The van der Waals surface area contributed by atoms with Gasteiger partial charge in [-0.2, -0.15) is 0 Å². The number of benzene rings is 2. The van der Waals surface area contributed by atoms with Crippen molar-refractivity contribution in [3.63, 3.8) is 0 Å². The molecule has 0 radical (unpaired) electrons. The molecule has 0 fully saturated rings. The van der Waals surface area contributed by atoms with Crippen LogP contribution >= 0.6 is 0 Å². The zero-order valence-electron chi connectivity index (χ0n) is 12.8. The second-order valence-electron chi connectivity index (χ2n) is 5.29. The van der Waals surface area contributed by atoms with Crippen LogP contribution in [0.4, 0.5) is 0 Å². The van der Waals surface area contributed by atoms with Crippen LogP contribution in [0, 0.1) is 0 Å². The van der Waals surface area contributed by atoms with Crippen LogP contribution in [0.3, 0.4) is 0 Å². The quantitative estimate of drug-likeness (QED) is 0.569. The van der Waals surface area contributed by atoms with Crippen LogP contribution in [0.1, 0.15) is 36.3 Å². The number of ether oxygens (including phenoxy) is 1. The van der Waals surface area contributed by atoms with Crippen LogP contribution in [-0.2, 0) is 4.79 Å². The first-order valence-electron chi connectivity index (χ1n) is 7.78. The zero-order valence-corrected chi connectivity index (χ0v) is 12.8. The van der Waals surface area contributed by atoms with Gasteiger partial charge in [0.1, 0.15) is 12.0 Å². The van der Waals surface area contributed by atoms with Crippen molar-refractivity contribution < 1.29 is 9.53 Å². The van der Waals surface area contributed by atoms with Crippen molar-refractivity contribution >= 4 is 6.29 Å². The molecule has 0 saturated carbocycles. The van der Waals surface area contributed by atoms with E-state index < -0.39 is 0 Å². The molecule has 2 rings (SSSR count). The summed E-state index contributed by atoms with van der Waals surface area (Å²) in [5.41, 5.74) is 7.45. The third-order valence-corrected chi connectivity index (χ3v) is 3.65. The fourth-order valence-corrected chi connectivity index (χ4v) is 2.39. The summed E-state index contributed by atoms with van der Waals surface area (Å²) in [6, 6.07) is 17.6. The van der Waals surface area contributed by atoms with Crippen molar-refractivity contribution in [2.75, 3.05) is 13.2 Å². The van der Waals surface area contributed by atoms with E-state index in [-0.39, 0.29) is 5.92 Å². The predicted molar refractivity (Wildman–Crippen MR) is 89.2 cm³/mol. The molecule has 0 bridgehead atoms. The fraction of sp³-hybridized carbons (Fsp3) is 0.316. The fourth-order valence-electron chi connectivity index (χ4n) is 2.39. The first-order valence-corrected chi connectivity index (χ1v) is 7.78. The van der Waals surface area contributed by atoms with Crippen molar-refractivity contribution in [2.45, 2.75) is 25.2 Å². The highest BCUT2D eigenvalue weighted by molar-refractivity contribution is 5.68. The number of hydrogen-bond donors (Lipinski definition) is 1. The largest absolute Gasteiger partial charge is 0.494 e. The Labute approximate surface area is 132 Å². The minimum Gasteiger partial charge on any atom is -0.494 e. The second-order valence-corrected chi connectivity index (χ2v) is 5.29. The first kappa shape index (κ1) is 16.2. The molecule has 0 amide bonds. The average Bonchev–Trinajstić information content (AvgIpc) is 2.58. The average molecular weight is 297 g/mol. The molecule has 116 valence electrons. The van der Waals surface area contributed by atoms with Gasteiger partial charge < -0.3 is 15.3 Å². The molecule has 1 atom stereocenters. The molecule has 0 aliphatic rings. The Hall–Kier alpha value is -2.13. The molecule has 0 heterocycles. The van der Waals surface area contributed by atoms with E-state index in [2.05, 4.69) is 0 Å². The van der Waals surface area contributed by atoms with Gasteiger partial charge in [0, 0.05) is 0 Å². The number of aldehydes is 1. The molecular formula is C19H23NO2. The second kappa shape index (κ2) is 9.00. The third-order valence-electron chi connectivity index (χ3n) is 3.65. The maximum Gasteiger partial charge on any atom is 0.131 e. The monoisotopic (exact) mass is 297 g/mol. The standard InChI is InChI=1S/C19H23NO2/c20-13-5-2-6-14-22-18-11-9-17(10-12-18)19(15-21)16-7-3-1-4-8-16/h1,3-4,7-12,15,19H,2,5-6,13-14,20H2. The van der Waals surface area contributed by atoms with Gasteiger partial charge in [-0.15, -0.1) is 0 Å². The number of rotatable bonds is 9. The van der Waals surface area contributed by atoms with Gasteiger partial charge in [-0.05, 0) is 49.1 Å². The highest BCUT2D eigenvalue weighted by Gasteiger charge is 2.12. The van der Waals surface area contributed by atoms with E-state index in [0.29, 0.717) is 6.61 Å². The van der Waals surface area contributed by atoms with E-state index >= 15 is 0 Å². The van der Waals surface area contributed by atoms with Crippen LogP contribution < -0.4 is 10.5 Å². The van der Waals surface area contributed by atoms with Gasteiger partial charge in [0.05, 0.1) is 12.5 Å². The molecule has 3 heteroatoms. The lowest BCUT2D eigenvalue weighted by Crippen LogP contribution is -2.03. The Morgan fingerprint density at radius 2 is 1.59 bits per heavy atom. The van der Waals surface area contributed by atoms with Crippen molar-refractivity contribution in [3.05, 3.63) is 65.7 Å². The van der Waals surface area contributed by atoms with Gasteiger partial charge in [0.2, 0.25) is 0 Å². The Morgan fingerprint density at radius 3 is 2.23 bits per heavy atom. The van der Waals surface area contributed by atoms with E-state index in [1.165, 1.54) is 0 Å². The molecule has 0 saturated heterocycles. The van der Waals surface area contributed by atoms with Gasteiger partial charge >= 0.3 is 0 Å². The van der Waals surface area contributed by atoms with Crippen LogP contribution in [0.5, 0.6) is 5.75 Å². The zero-order chi connectivity index (χ0) is 15.6. The lowest BCUT2D eigenvalue weighted by atomic mass is 9.93. The van der Waals surface area contributed by atoms with Gasteiger partial charge in [-0.3, -0.25) is 0 Å². The number of unbranched alkanes of at least 4 members (excludes halogenated alkanes) is 2. The highest BCUT2D eigenvalue weighted by Crippen LogP contribution is 2.24. The van der Waals surface area contributed by atoms with Crippen molar-refractivity contribution in [2.24, 2.45) is 5.73 Å². The Balaban J connectivity index is 1.94. The minimum absolute atomic E-state index is 0.222. The van der Waals surface area contributed by atoms with Gasteiger partial charge in [-0.25, -0.2) is 0 Å². The molecule has 2 N–H and O–H groups in total. The van der Waals surface area contributed by atoms with Crippen LogP contribution in [0.2, 0.25) is 0 Å². The van der Waals surface area contributed by atoms with Gasteiger partial charge in [0.25, 0.3) is 0 Å². The smallest absolute Gasteiger partial charge is 0.131 e. The van der Waals surface area contributed by atoms with E-state index in [0.717, 1.165) is 49.0 Å². The third kappa shape index (κ3) is 4.71. The summed E-state index contributed by atoms with van der Waals surface area (Å²) in [5.74, 6) is 0.619. The summed E-state index contributed by atoms with van der Waals surface area (Å²) in [5, 5.41) is 0. The van der Waals surface area contributed by atoms with Gasteiger partial charge in [0.15, 0.2) is 0 Å². The number of hydrogen-bond acceptors (Lipinski definition) is 3. The van der Waals surface area contributed by atoms with Crippen molar-refractivity contribution in [1.82, 2.24) is 0 Å². The van der Waals surface area contributed by atoms with Crippen molar-refractivity contribution in [1.29, 1.82) is 0 Å². The van der Waals surface area contributed by atoms with E-state index in [1.54, 1.807) is 0 Å². The number of carbonyl (C=O) groups excluding carboxylic acids is 1. The van der Waals surface area contributed by atoms with E-state index in [9.17, 15) is 4.79 Å². The molecule has 3 nitrogen and oxygen atoms in total. The molecule has 0 aliphatic heterocycles. The first-order chi connectivity index (χ1) is 10.8. The van der Waals surface area contributed by atoms with Gasteiger partial charge in [-0.1, -0.05) is 42.5 Å². The summed E-state index contributed by atoms with van der Waals surface area (Å²) in [6.45, 7) is 1.44. The SMILES string of the molecule is NCCCCCOc1ccc(C(C=O)c2ccccc2)cc1. The maximum absolute atomic E-state index is 11.4. The normalized spacial score (nSPS) is 11.9. The molecule has 2 aromatic rings. The highest BCUT2D eigenvalue weighted by atomic mass is 16.5. The van der Waals surface area contributed by atoms with Crippen LogP contribution in [-0.4, -0.2) is 19.4 Å². The van der Waals surface area contributed by atoms with Crippen LogP contribution in [0.15, 0.2) is 54.6 Å². The molecule has 2 aromatic carbocycles. The summed E-state index contributed by atoms with van der Waals surface area (Å²) in [4.78, 5) is 11.4. The number of nitrogens with two attached hydrogens (primary N) is 1. The predicted octanol–water partition coefficient (Wildman–Crippen LogP) is 3.53. The topological polar surface area (TPSA) is 52.3 Å². The summed E-state index contributed by atoms with van der Waals surface area (Å²) in [7, 11) is 0. The number of carbonyl (C=O) groups is 1. The molecule has 22 heavy (non-hydrogen) atoms. The summed E-state index contributed by atoms with van der Waals surface area (Å²) < 4.78 is 5.70.